The molecule has 0 aliphatic carbocycles. The molecule has 1 aliphatic heterocycles. The van der Waals surface area contributed by atoms with Gasteiger partial charge < -0.3 is 10.1 Å². The second kappa shape index (κ2) is 10.9. The number of hydrogen-bond acceptors (Lipinski definition) is 5. The summed E-state index contributed by atoms with van der Waals surface area (Å²) in [7, 11) is -4.34. The smallest absolute Gasteiger partial charge is 0.269 e. The van der Waals surface area contributed by atoms with Gasteiger partial charge in [-0.05, 0) is 49.2 Å². The van der Waals surface area contributed by atoms with Crippen LogP contribution in [-0.2, 0) is 21.4 Å². The van der Waals surface area contributed by atoms with Gasteiger partial charge in [0.25, 0.3) is 10.0 Å². The zero-order valence-corrected chi connectivity index (χ0v) is 23.0. The minimum absolute atomic E-state index is 0.0608. The fraction of sp³-hybridized carbons (Fsp3) is 0.280. The topological polar surface area (TPSA) is 93.5 Å². The number of sulfonamides is 1. The Morgan fingerprint density at radius 2 is 1.97 bits per heavy atom. The summed E-state index contributed by atoms with van der Waals surface area (Å²) in [5.74, 6) is -2.07. The van der Waals surface area contributed by atoms with Gasteiger partial charge in [-0.1, -0.05) is 35.3 Å². The molecule has 2 aromatic carbocycles. The van der Waals surface area contributed by atoms with Crippen LogP contribution >= 0.6 is 23.2 Å². The van der Waals surface area contributed by atoms with Gasteiger partial charge in [0, 0.05) is 25.2 Å². The molecule has 2 heterocycles. The van der Waals surface area contributed by atoms with Crippen LogP contribution in [0.25, 0.3) is 11.6 Å². The predicted molar refractivity (Wildman–Crippen MR) is 142 cm³/mol. The summed E-state index contributed by atoms with van der Waals surface area (Å²) >= 11 is 12.3. The first-order chi connectivity index (χ1) is 17.9. The van der Waals surface area contributed by atoms with E-state index >= 15 is 4.39 Å². The molecule has 0 saturated heterocycles. The zero-order valence-electron chi connectivity index (χ0n) is 20.6. The van der Waals surface area contributed by atoms with Crippen LogP contribution in [-0.4, -0.2) is 43.3 Å². The molecule has 202 valence electrons. The number of aromatic nitrogens is 2. The van der Waals surface area contributed by atoms with Crippen molar-refractivity contribution < 1.29 is 26.7 Å². The van der Waals surface area contributed by atoms with Crippen LogP contribution in [0.1, 0.15) is 31.9 Å². The average Bonchev–Trinajstić information content (AvgIpc) is 3.24. The highest BCUT2D eigenvalue weighted by molar-refractivity contribution is 7.93. The number of ether oxygens (including phenoxy) is 1. The van der Waals surface area contributed by atoms with Gasteiger partial charge in [0.2, 0.25) is 5.91 Å². The molecular formula is C25H24Cl2F2N4O4S. The quantitative estimate of drug-likeness (QED) is 0.388. The molecule has 0 unspecified atom stereocenters. The number of hydrogen-bond donors (Lipinski definition) is 1. The van der Waals surface area contributed by atoms with Gasteiger partial charge in [0.1, 0.15) is 16.8 Å². The minimum atomic E-state index is -4.34. The van der Waals surface area contributed by atoms with E-state index in [0.717, 1.165) is 10.4 Å². The Labute approximate surface area is 228 Å². The molecule has 1 aliphatic rings. The molecule has 0 bridgehead atoms. The van der Waals surface area contributed by atoms with Crippen LogP contribution < -0.4 is 14.4 Å². The predicted octanol–water partition coefficient (Wildman–Crippen LogP) is 5.14. The number of fused-ring (bicyclic) bond motifs is 1. The van der Waals surface area contributed by atoms with E-state index in [0.29, 0.717) is 12.1 Å². The normalized spacial score (nSPS) is 15.7. The van der Waals surface area contributed by atoms with Crippen molar-refractivity contribution in [2.45, 2.75) is 38.3 Å². The Morgan fingerprint density at radius 1 is 1.24 bits per heavy atom. The maximum absolute atomic E-state index is 15.4. The van der Waals surface area contributed by atoms with Crippen molar-refractivity contribution in [1.29, 1.82) is 0 Å². The third-order valence-corrected chi connectivity index (χ3v) is 8.35. The van der Waals surface area contributed by atoms with E-state index in [2.05, 4.69) is 10.4 Å². The van der Waals surface area contributed by atoms with Crippen LogP contribution in [0, 0.1) is 11.6 Å². The van der Waals surface area contributed by atoms with E-state index in [-0.39, 0.29) is 56.6 Å². The van der Waals surface area contributed by atoms with Crippen LogP contribution in [0.15, 0.2) is 41.4 Å². The van der Waals surface area contributed by atoms with E-state index in [4.69, 9.17) is 27.9 Å². The molecule has 1 N–H and O–H groups in total. The highest BCUT2D eigenvalue weighted by atomic mass is 35.5. The van der Waals surface area contributed by atoms with Gasteiger partial charge in [0.05, 0.1) is 23.8 Å². The monoisotopic (exact) mass is 584 g/mol. The Hall–Kier alpha value is -3.15. The summed E-state index contributed by atoms with van der Waals surface area (Å²) in [5, 5.41) is 6.50. The van der Waals surface area contributed by atoms with Crippen molar-refractivity contribution in [1.82, 2.24) is 15.1 Å². The van der Waals surface area contributed by atoms with Crippen molar-refractivity contribution in [3.63, 3.8) is 0 Å². The van der Waals surface area contributed by atoms with E-state index in [9.17, 15) is 17.6 Å². The molecule has 4 rings (SSSR count). The fourth-order valence-electron chi connectivity index (χ4n) is 4.09. The summed E-state index contributed by atoms with van der Waals surface area (Å²) in [5.41, 5.74) is 0.706. The molecule has 1 atom stereocenters. The van der Waals surface area contributed by atoms with Crippen LogP contribution in [0.3, 0.4) is 0 Å². The van der Waals surface area contributed by atoms with E-state index in [1.165, 1.54) is 48.1 Å². The second-order valence-electron chi connectivity index (χ2n) is 8.63. The Kier molecular flexibility index (Phi) is 8.01. The molecule has 13 heteroatoms. The van der Waals surface area contributed by atoms with Gasteiger partial charge in [0.15, 0.2) is 16.7 Å². The Balaban J connectivity index is 1.84. The third kappa shape index (κ3) is 5.50. The third-order valence-electron chi connectivity index (χ3n) is 5.87. The number of nitrogens with zero attached hydrogens (tertiary/aromatic N) is 3. The molecule has 1 aromatic heterocycles. The van der Waals surface area contributed by atoms with Gasteiger partial charge in [-0.15, -0.1) is 0 Å². The first-order valence-corrected chi connectivity index (χ1v) is 13.7. The lowest BCUT2D eigenvalue weighted by Gasteiger charge is -2.35. The summed E-state index contributed by atoms with van der Waals surface area (Å²) < 4.78 is 65.5. The highest BCUT2D eigenvalue weighted by Crippen LogP contribution is 2.41. The zero-order chi connectivity index (χ0) is 27.8. The molecule has 0 saturated carbocycles. The van der Waals surface area contributed by atoms with Gasteiger partial charge in [-0.2, -0.15) is 5.10 Å². The fourth-order valence-corrected chi connectivity index (χ4v) is 6.35. The van der Waals surface area contributed by atoms with Crippen molar-refractivity contribution in [3.05, 3.63) is 69.5 Å². The summed E-state index contributed by atoms with van der Waals surface area (Å²) in [6, 6.07) is 6.81. The number of carbonyl (C=O) groups is 1. The summed E-state index contributed by atoms with van der Waals surface area (Å²) in [6.07, 6.45) is 1.89. The number of amides is 1. The summed E-state index contributed by atoms with van der Waals surface area (Å²) in [4.78, 5) is 11.2. The molecule has 1 amide bonds. The number of anilines is 1. The van der Waals surface area contributed by atoms with Crippen LogP contribution in [0.5, 0.6) is 5.75 Å². The average molecular weight is 585 g/mol. The Morgan fingerprint density at radius 3 is 2.61 bits per heavy atom. The van der Waals surface area contributed by atoms with Crippen LogP contribution in [0.2, 0.25) is 10.2 Å². The maximum atomic E-state index is 15.4. The van der Waals surface area contributed by atoms with Crippen molar-refractivity contribution in [3.8, 4) is 5.75 Å². The first-order valence-electron chi connectivity index (χ1n) is 11.5. The molecule has 3 aromatic rings. The Bertz CT molecular complexity index is 1520. The van der Waals surface area contributed by atoms with Gasteiger partial charge >= 0.3 is 0 Å². The lowest BCUT2D eigenvalue weighted by molar-refractivity contribution is -0.119. The maximum Gasteiger partial charge on any atom is 0.269 e. The van der Waals surface area contributed by atoms with Gasteiger partial charge in [-0.3, -0.25) is 13.8 Å². The van der Waals surface area contributed by atoms with Gasteiger partial charge in [-0.25, -0.2) is 17.2 Å². The van der Waals surface area contributed by atoms with Crippen molar-refractivity contribution in [2.75, 3.05) is 17.4 Å². The molecule has 0 fully saturated rings. The SMILES string of the molecule is CCn1cc(S(=O)(=O)N2C[C@H](CNC(C)=O)Oc3c(F)cc(/C=C(\C)c4c(F)cccc4Cl)cc32)c(Cl)n1. The first kappa shape index (κ1) is 27.9. The highest BCUT2D eigenvalue weighted by Gasteiger charge is 2.38. The minimum Gasteiger partial charge on any atom is -0.481 e. The van der Waals surface area contributed by atoms with Crippen molar-refractivity contribution >= 4 is 56.5 Å². The summed E-state index contributed by atoms with van der Waals surface area (Å²) in [6.45, 7) is 4.75. The number of benzene rings is 2. The standard InChI is InChI=1S/C25H24Cl2F2N4O4S/c1-4-32-13-22(25(27)31-32)38(35,36)33-12-17(11-30-15(3)34)37-24-20(29)9-16(10-21(24)33)8-14(2)23-18(26)6-5-7-19(23)28/h5-10,13,17H,4,11-12H2,1-3H3,(H,30,34)/b14-8+/t17-/m0/s1. The number of allylic oxidation sites excluding steroid dienone is 1. The number of aryl methyl sites for hydroxylation is 1. The molecule has 38 heavy (non-hydrogen) atoms. The van der Waals surface area contributed by atoms with E-state index in [1.807, 2.05) is 0 Å². The van der Waals surface area contributed by atoms with Crippen molar-refractivity contribution in [2.24, 2.45) is 0 Å². The number of nitrogens with one attached hydrogen (secondary N) is 1. The lowest BCUT2D eigenvalue weighted by Crippen LogP contribution is -2.48. The lowest BCUT2D eigenvalue weighted by atomic mass is 10.0. The largest absolute Gasteiger partial charge is 0.481 e. The number of rotatable bonds is 7. The molecule has 8 nitrogen and oxygen atoms in total. The van der Waals surface area contributed by atoms with E-state index < -0.39 is 27.8 Å². The number of halogens is 4. The molecule has 0 spiro atoms. The van der Waals surface area contributed by atoms with Crippen LogP contribution in [0.4, 0.5) is 14.5 Å². The molecule has 0 radical (unpaired) electrons. The number of carbonyl (C=O) groups excluding carboxylic acids is 1. The molecular weight excluding hydrogens is 561 g/mol. The van der Waals surface area contributed by atoms with E-state index in [1.54, 1.807) is 13.8 Å². The second-order valence-corrected chi connectivity index (χ2v) is 11.2.